The Morgan fingerprint density at radius 1 is 1.56 bits per heavy atom. The summed E-state index contributed by atoms with van der Waals surface area (Å²) in [6.07, 6.45) is 5.13. The van der Waals surface area contributed by atoms with Crippen LogP contribution in [0, 0.1) is 0 Å². The number of rotatable bonds is 6. The van der Waals surface area contributed by atoms with Gasteiger partial charge in [0.2, 0.25) is 0 Å². The number of aromatic nitrogens is 1. The Hall–Kier alpha value is -0.740. The summed E-state index contributed by atoms with van der Waals surface area (Å²) < 4.78 is 0. The molecule has 0 fully saturated rings. The molecular formula is C12H21N3S. The van der Waals surface area contributed by atoms with Gasteiger partial charge in [-0.2, -0.15) is 11.8 Å². The maximum absolute atomic E-state index is 5.72. The third kappa shape index (κ3) is 3.39. The van der Waals surface area contributed by atoms with Crippen LogP contribution in [0.2, 0.25) is 0 Å². The van der Waals surface area contributed by atoms with Crippen molar-refractivity contribution in [2.75, 3.05) is 24.0 Å². The summed E-state index contributed by atoms with van der Waals surface area (Å²) in [5, 5.41) is 0. The summed E-state index contributed by atoms with van der Waals surface area (Å²) in [4.78, 5) is 6.64. The first-order chi connectivity index (χ1) is 7.70. The molecule has 90 valence electrons. The zero-order chi connectivity index (χ0) is 12.0. The molecule has 0 spiro atoms. The second-order valence-corrected chi connectivity index (χ2v) is 4.92. The molecule has 1 heterocycles. The van der Waals surface area contributed by atoms with Crippen LogP contribution in [0.4, 0.5) is 5.82 Å². The highest BCUT2D eigenvalue weighted by Crippen LogP contribution is 2.19. The van der Waals surface area contributed by atoms with E-state index < -0.39 is 0 Å². The summed E-state index contributed by atoms with van der Waals surface area (Å²) in [6.45, 7) is 2.77. The Morgan fingerprint density at radius 2 is 2.31 bits per heavy atom. The third-order valence-corrected chi connectivity index (χ3v) is 3.47. The van der Waals surface area contributed by atoms with Crippen molar-refractivity contribution in [3.8, 4) is 0 Å². The third-order valence-electron chi connectivity index (χ3n) is 2.82. The van der Waals surface area contributed by atoms with Crippen molar-refractivity contribution in [2.45, 2.75) is 25.9 Å². The van der Waals surface area contributed by atoms with Crippen molar-refractivity contribution in [2.24, 2.45) is 5.73 Å². The number of pyridine rings is 1. The number of hydrogen-bond acceptors (Lipinski definition) is 4. The number of hydrogen-bond donors (Lipinski definition) is 1. The molecule has 16 heavy (non-hydrogen) atoms. The van der Waals surface area contributed by atoms with Crippen molar-refractivity contribution in [1.82, 2.24) is 4.98 Å². The van der Waals surface area contributed by atoms with Crippen LogP contribution in [0.3, 0.4) is 0 Å². The van der Waals surface area contributed by atoms with E-state index in [0.717, 1.165) is 17.8 Å². The number of anilines is 1. The molecule has 4 heteroatoms. The fourth-order valence-electron chi connectivity index (χ4n) is 1.60. The molecule has 0 aliphatic carbocycles. The fourth-order valence-corrected chi connectivity index (χ4v) is 2.17. The molecule has 0 amide bonds. The van der Waals surface area contributed by atoms with Gasteiger partial charge < -0.3 is 10.6 Å². The van der Waals surface area contributed by atoms with E-state index in [4.69, 9.17) is 5.73 Å². The van der Waals surface area contributed by atoms with Crippen molar-refractivity contribution in [3.05, 3.63) is 23.9 Å². The molecule has 3 nitrogen and oxygen atoms in total. The Labute approximate surface area is 102 Å². The predicted molar refractivity (Wildman–Crippen MR) is 73.0 cm³/mol. The van der Waals surface area contributed by atoms with E-state index in [1.54, 1.807) is 0 Å². The molecule has 1 aromatic rings. The Morgan fingerprint density at radius 3 is 2.94 bits per heavy atom. The molecule has 0 radical (unpaired) electrons. The topological polar surface area (TPSA) is 42.2 Å². The van der Waals surface area contributed by atoms with Crippen LogP contribution >= 0.6 is 11.8 Å². The average Bonchev–Trinajstić information content (AvgIpc) is 2.34. The van der Waals surface area contributed by atoms with E-state index in [9.17, 15) is 0 Å². The highest BCUT2D eigenvalue weighted by Gasteiger charge is 2.13. The van der Waals surface area contributed by atoms with E-state index in [1.807, 2.05) is 30.1 Å². The molecule has 0 saturated carbocycles. The van der Waals surface area contributed by atoms with Crippen LogP contribution < -0.4 is 10.6 Å². The fraction of sp³-hybridized carbons (Fsp3) is 0.583. The first kappa shape index (κ1) is 13.3. The number of nitrogens with two attached hydrogens (primary N) is 1. The zero-order valence-electron chi connectivity index (χ0n) is 10.3. The Bertz CT molecular complexity index is 317. The van der Waals surface area contributed by atoms with Gasteiger partial charge in [-0.05, 0) is 31.4 Å². The molecule has 2 N–H and O–H groups in total. The summed E-state index contributed by atoms with van der Waals surface area (Å²) >= 11 is 1.88. The largest absolute Gasteiger partial charge is 0.357 e. The summed E-state index contributed by atoms with van der Waals surface area (Å²) in [5.41, 5.74) is 6.83. The highest BCUT2D eigenvalue weighted by molar-refractivity contribution is 7.98. The lowest BCUT2D eigenvalue weighted by atomic mass is 10.2. The van der Waals surface area contributed by atoms with Gasteiger partial charge in [-0.15, -0.1) is 0 Å². The van der Waals surface area contributed by atoms with Crippen LogP contribution in [-0.4, -0.2) is 30.1 Å². The molecule has 0 aliphatic heterocycles. The van der Waals surface area contributed by atoms with Crippen LogP contribution in [0.15, 0.2) is 18.3 Å². The van der Waals surface area contributed by atoms with E-state index >= 15 is 0 Å². The lowest BCUT2D eigenvalue weighted by molar-refractivity contribution is 0.659. The van der Waals surface area contributed by atoms with E-state index in [1.165, 1.54) is 5.75 Å². The van der Waals surface area contributed by atoms with Gasteiger partial charge in [0.25, 0.3) is 0 Å². The molecule has 0 aliphatic rings. The Balaban J connectivity index is 2.74. The minimum absolute atomic E-state index is 0.493. The van der Waals surface area contributed by atoms with Crippen LogP contribution in [0.1, 0.15) is 18.9 Å². The molecule has 0 saturated heterocycles. The minimum atomic E-state index is 0.493. The molecule has 1 rings (SSSR count). The summed E-state index contributed by atoms with van der Waals surface area (Å²) in [6, 6.07) is 4.47. The lowest BCUT2D eigenvalue weighted by Crippen LogP contribution is -2.31. The van der Waals surface area contributed by atoms with Gasteiger partial charge in [0.05, 0.1) is 0 Å². The van der Waals surface area contributed by atoms with Gasteiger partial charge in [-0.1, -0.05) is 6.07 Å². The maximum atomic E-state index is 5.72. The molecule has 1 atom stereocenters. The lowest BCUT2D eigenvalue weighted by Gasteiger charge is -2.27. The van der Waals surface area contributed by atoms with Gasteiger partial charge in [-0.25, -0.2) is 4.98 Å². The van der Waals surface area contributed by atoms with Crippen molar-refractivity contribution >= 4 is 17.6 Å². The van der Waals surface area contributed by atoms with Crippen molar-refractivity contribution in [3.63, 3.8) is 0 Å². The highest BCUT2D eigenvalue weighted by atomic mass is 32.2. The standard InChI is InChI=1S/C12H21N3S/c1-10(6-8-16-3)15(2)12-11(9-13)5-4-7-14-12/h4-5,7,10H,6,8-9,13H2,1-3H3. The van der Waals surface area contributed by atoms with Gasteiger partial charge in [0, 0.05) is 31.4 Å². The minimum Gasteiger partial charge on any atom is -0.357 e. The monoisotopic (exact) mass is 239 g/mol. The van der Waals surface area contributed by atoms with E-state index in [-0.39, 0.29) is 0 Å². The van der Waals surface area contributed by atoms with Crippen LogP contribution in [0.25, 0.3) is 0 Å². The SMILES string of the molecule is CSCCC(C)N(C)c1ncccc1CN. The molecule has 1 unspecified atom stereocenters. The Kier molecular flexibility index (Phi) is 5.63. The number of thioether (sulfide) groups is 1. The number of nitrogens with zero attached hydrogens (tertiary/aromatic N) is 2. The average molecular weight is 239 g/mol. The predicted octanol–water partition coefficient (Wildman–Crippen LogP) is 2.12. The first-order valence-corrected chi connectivity index (χ1v) is 6.95. The molecule has 0 bridgehead atoms. The second kappa shape index (κ2) is 6.76. The van der Waals surface area contributed by atoms with Crippen LogP contribution in [-0.2, 0) is 6.54 Å². The van der Waals surface area contributed by atoms with Crippen molar-refractivity contribution < 1.29 is 0 Å². The second-order valence-electron chi connectivity index (χ2n) is 3.93. The van der Waals surface area contributed by atoms with Gasteiger partial charge in [0.15, 0.2) is 0 Å². The maximum Gasteiger partial charge on any atom is 0.132 e. The molecular weight excluding hydrogens is 218 g/mol. The van der Waals surface area contributed by atoms with Gasteiger partial charge in [0.1, 0.15) is 5.82 Å². The summed E-state index contributed by atoms with van der Waals surface area (Å²) in [5.74, 6) is 2.19. The van der Waals surface area contributed by atoms with Crippen molar-refractivity contribution in [1.29, 1.82) is 0 Å². The quantitative estimate of drug-likeness (QED) is 0.825. The summed E-state index contributed by atoms with van der Waals surface area (Å²) in [7, 11) is 2.09. The van der Waals surface area contributed by atoms with Gasteiger partial charge in [-0.3, -0.25) is 0 Å². The van der Waals surface area contributed by atoms with Crippen LogP contribution in [0.5, 0.6) is 0 Å². The van der Waals surface area contributed by atoms with Gasteiger partial charge >= 0.3 is 0 Å². The molecule has 1 aromatic heterocycles. The molecule has 0 aromatic carbocycles. The van der Waals surface area contributed by atoms with E-state index in [2.05, 4.69) is 30.1 Å². The normalized spacial score (nSPS) is 12.5. The smallest absolute Gasteiger partial charge is 0.132 e. The zero-order valence-corrected chi connectivity index (χ0v) is 11.1. The first-order valence-electron chi connectivity index (χ1n) is 5.56. The van der Waals surface area contributed by atoms with E-state index in [0.29, 0.717) is 12.6 Å².